The molecular formula is C24H21N3O3S. The Morgan fingerprint density at radius 3 is 2.45 bits per heavy atom. The van der Waals surface area contributed by atoms with E-state index in [-0.39, 0.29) is 11.6 Å². The van der Waals surface area contributed by atoms with Crippen LogP contribution in [0.15, 0.2) is 83.9 Å². The van der Waals surface area contributed by atoms with E-state index in [9.17, 15) is 14.9 Å². The van der Waals surface area contributed by atoms with Crippen LogP contribution in [0.5, 0.6) is 0 Å². The zero-order chi connectivity index (χ0) is 21.8. The number of non-ortho nitro benzene ring substituents is 1. The van der Waals surface area contributed by atoms with E-state index in [4.69, 9.17) is 0 Å². The highest BCUT2D eigenvalue weighted by Crippen LogP contribution is 2.31. The lowest BCUT2D eigenvalue weighted by Crippen LogP contribution is -2.13. The number of carbonyl (C=O) groups is 1. The van der Waals surface area contributed by atoms with Gasteiger partial charge in [-0.15, -0.1) is 11.8 Å². The Bertz CT molecular complexity index is 1230. The summed E-state index contributed by atoms with van der Waals surface area (Å²) in [5, 5.41) is 14.9. The van der Waals surface area contributed by atoms with Gasteiger partial charge < -0.3 is 9.88 Å². The van der Waals surface area contributed by atoms with Gasteiger partial charge >= 0.3 is 0 Å². The average molecular weight is 432 g/mol. The normalized spacial score (nSPS) is 10.9. The summed E-state index contributed by atoms with van der Waals surface area (Å²) in [6.45, 7) is 2.60. The van der Waals surface area contributed by atoms with E-state index in [0.29, 0.717) is 12.3 Å². The zero-order valence-corrected chi connectivity index (χ0v) is 17.8. The van der Waals surface area contributed by atoms with Gasteiger partial charge in [-0.1, -0.05) is 48.0 Å². The Morgan fingerprint density at radius 2 is 1.74 bits per heavy atom. The van der Waals surface area contributed by atoms with Crippen molar-refractivity contribution in [2.45, 2.75) is 18.4 Å². The van der Waals surface area contributed by atoms with Crippen LogP contribution in [-0.2, 0) is 11.3 Å². The third-order valence-electron chi connectivity index (χ3n) is 4.95. The number of benzene rings is 3. The van der Waals surface area contributed by atoms with Gasteiger partial charge in [-0.3, -0.25) is 14.9 Å². The van der Waals surface area contributed by atoms with Gasteiger partial charge in [0.2, 0.25) is 5.91 Å². The first-order valence-corrected chi connectivity index (χ1v) is 10.8. The molecule has 0 atom stereocenters. The molecule has 1 heterocycles. The van der Waals surface area contributed by atoms with Crippen molar-refractivity contribution in [3.8, 4) is 0 Å². The monoisotopic (exact) mass is 431 g/mol. The third-order valence-corrected chi connectivity index (χ3v) is 5.99. The molecule has 3 aromatic carbocycles. The number of aromatic nitrogens is 1. The molecule has 0 saturated carbocycles. The van der Waals surface area contributed by atoms with Crippen LogP contribution in [0.2, 0.25) is 0 Å². The molecule has 0 bridgehead atoms. The van der Waals surface area contributed by atoms with E-state index in [1.165, 1.54) is 23.9 Å². The molecular weight excluding hydrogens is 410 g/mol. The number of aryl methyl sites for hydroxylation is 1. The second-order valence-corrected chi connectivity index (χ2v) is 8.28. The lowest BCUT2D eigenvalue weighted by molar-refractivity contribution is -0.384. The van der Waals surface area contributed by atoms with Gasteiger partial charge in [0.05, 0.1) is 10.7 Å². The van der Waals surface area contributed by atoms with Crippen LogP contribution in [0.25, 0.3) is 10.9 Å². The molecule has 6 nitrogen and oxygen atoms in total. The number of para-hydroxylation sites is 1. The van der Waals surface area contributed by atoms with Crippen LogP contribution >= 0.6 is 11.8 Å². The number of anilines is 1. The van der Waals surface area contributed by atoms with Crippen molar-refractivity contribution < 1.29 is 9.72 Å². The summed E-state index contributed by atoms with van der Waals surface area (Å²) in [6.07, 6.45) is 2.04. The Morgan fingerprint density at radius 1 is 1.03 bits per heavy atom. The minimum absolute atomic E-state index is 0.0546. The standard InChI is InChI=1S/C24H21N3O3S/c1-17-6-10-19(11-7-17)25-24(28)16-31-23-15-26(22-5-3-2-4-21(22)23)14-18-8-12-20(13-9-18)27(29)30/h2-13,15H,14,16H2,1H3,(H,25,28). The number of carbonyl (C=O) groups excluding carboxylic acids is 1. The molecule has 7 heteroatoms. The van der Waals surface area contributed by atoms with E-state index >= 15 is 0 Å². The van der Waals surface area contributed by atoms with Crippen molar-refractivity contribution in [1.82, 2.24) is 4.57 Å². The Kier molecular flexibility index (Phi) is 6.04. The highest BCUT2D eigenvalue weighted by Gasteiger charge is 2.12. The van der Waals surface area contributed by atoms with Crippen LogP contribution in [-0.4, -0.2) is 21.2 Å². The van der Waals surface area contributed by atoms with Crippen molar-refractivity contribution in [3.63, 3.8) is 0 Å². The summed E-state index contributed by atoms with van der Waals surface area (Å²) in [5.41, 5.74) is 4.05. The number of rotatable bonds is 7. The Balaban J connectivity index is 1.49. The van der Waals surface area contributed by atoms with Crippen LogP contribution in [0.4, 0.5) is 11.4 Å². The lowest BCUT2D eigenvalue weighted by Gasteiger charge is -2.05. The van der Waals surface area contributed by atoms with Crippen molar-refractivity contribution in [1.29, 1.82) is 0 Å². The summed E-state index contributed by atoms with van der Waals surface area (Å²) in [6, 6.07) is 22.4. The van der Waals surface area contributed by atoms with Crippen molar-refractivity contribution in [2.75, 3.05) is 11.1 Å². The minimum Gasteiger partial charge on any atom is -0.342 e. The fourth-order valence-electron chi connectivity index (χ4n) is 3.36. The predicted molar refractivity (Wildman–Crippen MR) is 125 cm³/mol. The number of hydrogen-bond acceptors (Lipinski definition) is 4. The Hall–Kier alpha value is -3.58. The van der Waals surface area contributed by atoms with Gasteiger partial charge in [0.15, 0.2) is 0 Å². The third kappa shape index (κ3) is 4.95. The summed E-state index contributed by atoms with van der Waals surface area (Å²) in [4.78, 5) is 23.9. The smallest absolute Gasteiger partial charge is 0.269 e. The molecule has 0 radical (unpaired) electrons. The van der Waals surface area contributed by atoms with E-state index in [1.807, 2.05) is 61.7 Å². The molecule has 0 saturated heterocycles. The van der Waals surface area contributed by atoms with E-state index < -0.39 is 4.92 Å². The average Bonchev–Trinajstić information content (AvgIpc) is 3.12. The molecule has 0 aliphatic heterocycles. The van der Waals surface area contributed by atoms with Crippen LogP contribution in [0, 0.1) is 17.0 Å². The maximum Gasteiger partial charge on any atom is 0.269 e. The fourth-order valence-corrected chi connectivity index (χ4v) is 4.24. The quantitative estimate of drug-likeness (QED) is 0.233. The minimum atomic E-state index is -0.398. The molecule has 0 fully saturated rings. The predicted octanol–water partition coefficient (Wildman–Crippen LogP) is 5.64. The molecule has 31 heavy (non-hydrogen) atoms. The van der Waals surface area contributed by atoms with Crippen LogP contribution in [0.1, 0.15) is 11.1 Å². The number of nitro benzene ring substituents is 1. The second-order valence-electron chi connectivity index (χ2n) is 7.26. The maximum atomic E-state index is 12.4. The summed E-state index contributed by atoms with van der Waals surface area (Å²) in [7, 11) is 0. The van der Waals surface area contributed by atoms with Gasteiger partial charge in [-0.2, -0.15) is 0 Å². The first-order chi connectivity index (χ1) is 15.0. The first kappa shape index (κ1) is 20.7. The molecule has 4 aromatic rings. The highest BCUT2D eigenvalue weighted by atomic mass is 32.2. The highest BCUT2D eigenvalue weighted by molar-refractivity contribution is 8.00. The number of amides is 1. The summed E-state index contributed by atoms with van der Waals surface area (Å²) >= 11 is 1.50. The zero-order valence-electron chi connectivity index (χ0n) is 16.9. The van der Waals surface area contributed by atoms with E-state index in [2.05, 4.69) is 9.88 Å². The molecule has 156 valence electrons. The number of nitro groups is 1. The van der Waals surface area contributed by atoms with E-state index in [1.54, 1.807) is 12.1 Å². The van der Waals surface area contributed by atoms with E-state index in [0.717, 1.165) is 32.6 Å². The summed E-state index contributed by atoms with van der Waals surface area (Å²) in [5.74, 6) is 0.250. The van der Waals surface area contributed by atoms with Crippen molar-refractivity contribution >= 4 is 39.9 Å². The molecule has 0 aliphatic rings. The van der Waals surface area contributed by atoms with Crippen LogP contribution in [0.3, 0.4) is 0 Å². The SMILES string of the molecule is Cc1ccc(NC(=O)CSc2cn(Cc3ccc([N+](=O)[O-])cc3)c3ccccc23)cc1. The molecule has 1 amide bonds. The fraction of sp³-hybridized carbons (Fsp3) is 0.125. The van der Waals surface area contributed by atoms with Gasteiger partial charge in [0, 0.05) is 46.4 Å². The summed E-state index contributed by atoms with van der Waals surface area (Å²) < 4.78 is 2.11. The second kappa shape index (κ2) is 9.06. The van der Waals surface area contributed by atoms with Crippen molar-refractivity contribution in [3.05, 3.63) is 100 Å². The molecule has 1 aromatic heterocycles. The van der Waals surface area contributed by atoms with Gasteiger partial charge in [-0.25, -0.2) is 0 Å². The number of hydrogen-bond donors (Lipinski definition) is 1. The number of thioether (sulfide) groups is 1. The molecule has 0 unspecified atom stereocenters. The van der Waals surface area contributed by atoms with Gasteiger partial charge in [0.25, 0.3) is 5.69 Å². The molecule has 0 spiro atoms. The van der Waals surface area contributed by atoms with Crippen molar-refractivity contribution in [2.24, 2.45) is 0 Å². The number of nitrogens with one attached hydrogen (secondary N) is 1. The molecule has 4 rings (SSSR count). The molecule has 1 N–H and O–H groups in total. The number of nitrogens with zero attached hydrogens (tertiary/aromatic N) is 2. The topological polar surface area (TPSA) is 77.2 Å². The van der Waals surface area contributed by atoms with Gasteiger partial charge in [0.1, 0.15) is 0 Å². The van der Waals surface area contributed by atoms with Crippen LogP contribution < -0.4 is 5.32 Å². The maximum absolute atomic E-state index is 12.4. The Labute approximate surface area is 184 Å². The molecule has 0 aliphatic carbocycles. The number of fused-ring (bicyclic) bond motifs is 1. The lowest BCUT2D eigenvalue weighted by atomic mass is 10.2. The largest absolute Gasteiger partial charge is 0.342 e. The first-order valence-electron chi connectivity index (χ1n) is 9.80. The van der Waals surface area contributed by atoms with Gasteiger partial charge in [-0.05, 0) is 30.7 Å².